The molecule has 0 heterocycles. The largest absolute Gasteiger partial charge is 0.497 e. The van der Waals surface area contributed by atoms with Crippen LogP contribution < -0.4 is 14.4 Å². The summed E-state index contributed by atoms with van der Waals surface area (Å²) < 4.78 is 31.0. The van der Waals surface area contributed by atoms with Crippen molar-refractivity contribution in [1.29, 1.82) is 0 Å². The summed E-state index contributed by atoms with van der Waals surface area (Å²) in [7, 11) is -2.04. The summed E-state index contributed by atoms with van der Waals surface area (Å²) in [6, 6.07) is 15.2. The van der Waals surface area contributed by atoms with Crippen molar-refractivity contribution >= 4 is 21.6 Å². The highest BCUT2D eigenvalue weighted by Gasteiger charge is 2.31. The lowest BCUT2D eigenvalue weighted by Gasteiger charge is -2.30. The van der Waals surface area contributed by atoms with Gasteiger partial charge in [-0.05, 0) is 36.2 Å². The van der Waals surface area contributed by atoms with Crippen LogP contribution in [-0.2, 0) is 21.4 Å². The molecule has 1 unspecified atom stereocenters. The van der Waals surface area contributed by atoms with Crippen LogP contribution in [0.2, 0.25) is 0 Å². The fourth-order valence-corrected chi connectivity index (χ4v) is 3.94. The second kappa shape index (κ2) is 8.71. The highest BCUT2D eigenvalue weighted by Crippen LogP contribution is 2.22. The van der Waals surface area contributed by atoms with Crippen molar-refractivity contribution in [2.75, 3.05) is 17.7 Å². The zero-order valence-corrected chi connectivity index (χ0v) is 16.0. The van der Waals surface area contributed by atoms with Gasteiger partial charge in [0.05, 0.1) is 19.1 Å². The van der Waals surface area contributed by atoms with Crippen molar-refractivity contribution in [3.8, 4) is 5.75 Å². The average molecular weight is 376 g/mol. The van der Waals surface area contributed by atoms with E-state index in [4.69, 9.17) is 4.74 Å². The van der Waals surface area contributed by atoms with E-state index >= 15 is 0 Å². The predicted octanol–water partition coefficient (Wildman–Crippen LogP) is 2.56. The monoisotopic (exact) mass is 376 g/mol. The van der Waals surface area contributed by atoms with E-state index in [1.165, 1.54) is 4.31 Å². The van der Waals surface area contributed by atoms with Crippen molar-refractivity contribution in [2.24, 2.45) is 0 Å². The number of rotatable bonds is 8. The Hall–Kier alpha value is -2.54. The number of carbonyl (C=O) groups is 1. The maximum atomic E-state index is 12.7. The summed E-state index contributed by atoms with van der Waals surface area (Å²) in [5.74, 6) is 0.357. The van der Waals surface area contributed by atoms with Gasteiger partial charge in [-0.3, -0.25) is 9.10 Å². The lowest BCUT2D eigenvalue weighted by Crippen LogP contribution is -2.49. The van der Waals surface area contributed by atoms with Gasteiger partial charge in [-0.25, -0.2) is 8.42 Å². The molecule has 2 rings (SSSR count). The summed E-state index contributed by atoms with van der Waals surface area (Å²) in [4.78, 5) is 12.7. The third-order valence-corrected chi connectivity index (χ3v) is 5.12. The molecule has 7 heteroatoms. The van der Waals surface area contributed by atoms with Gasteiger partial charge >= 0.3 is 0 Å². The van der Waals surface area contributed by atoms with Gasteiger partial charge in [-0.2, -0.15) is 0 Å². The molecule has 1 atom stereocenters. The van der Waals surface area contributed by atoms with Gasteiger partial charge in [0.2, 0.25) is 15.9 Å². The Morgan fingerprint density at radius 3 is 2.42 bits per heavy atom. The van der Waals surface area contributed by atoms with E-state index in [1.54, 1.807) is 44.4 Å². The van der Waals surface area contributed by atoms with E-state index in [1.807, 2.05) is 24.3 Å². The van der Waals surface area contributed by atoms with Crippen LogP contribution in [0.3, 0.4) is 0 Å². The van der Waals surface area contributed by atoms with Gasteiger partial charge in [0.15, 0.2) is 0 Å². The summed E-state index contributed by atoms with van der Waals surface area (Å²) in [5.41, 5.74) is 1.34. The Bertz CT molecular complexity index is 838. The average Bonchev–Trinajstić information content (AvgIpc) is 2.63. The standard InChI is InChI=1S/C19H24N2O4S/c1-4-18(21(26(3,23)24)16-10-6-5-7-11-16)19(22)20-14-15-9-8-12-17(13-15)25-2/h5-13,18H,4,14H2,1-3H3,(H,20,22). The first-order valence-electron chi connectivity index (χ1n) is 8.32. The Balaban J connectivity index is 2.20. The molecule has 0 aromatic heterocycles. The fraction of sp³-hybridized carbons (Fsp3) is 0.316. The number of ether oxygens (including phenoxy) is 1. The van der Waals surface area contributed by atoms with Crippen LogP contribution in [0.1, 0.15) is 18.9 Å². The number of sulfonamides is 1. The van der Waals surface area contributed by atoms with Crippen molar-refractivity contribution in [2.45, 2.75) is 25.9 Å². The number of para-hydroxylation sites is 1. The topological polar surface area (TPSA) is 75.7 Å². The third-order valence-electron chi connectivity index (χ3n) is 3.94. The molecule has 0 aliphatic heterocycles. The molecule has 1 N–H and O–H groups in total. The number of benzene rings is 2. The minimum Gasteiger partial charge on any atom is -0.497 e. The van der Waals surface area contributed by atoms with Crippen LogP contribution in [0, 0.1) is 0 Å². The zero-order chi connectivity index (χ0) is 19.2. The van der Waals surface area contributed by atoms with E-state index in [0.717, 1.165) is 11.8 Å². The molecule has 2 aromatic rings. The summed E-state index contributed by atoms with van der Waals surface area (Å²) >= 11 is 0. The van der Waals surface area contributed by atoms with Gasteiger partial charge in [-0.15, -0.1) is 0 Å². The van der Waals surface area contributed by atoms with Crippen LogP contribution in [0.5, 0.6) is 5.75 Å². The van der Waals surface area contributed by atoms with E-state index < -0.39 is 16.1 Å². The van der Waals surface area contributed by atoms with E-state index in [9.17, 15) is 13.2 Å². The van der Waals surface area contributed by atoms with Gasteiger partial charge in [0, 0.05) is 6.54 Å². The van der Waals surface area contributed by atoms with E-state index in [-0.39, 0.29) is 5.91 Å². The van der Waals surface area contributed by atoms with Crippen LogP contribution in [0.25, 0.3) is 0 Å². The molecular weight excluding hydrogens is 352 g/mol. The number of hydrogen-bond donors (Lipinski definition) is 1. The summed E-state index contributed by atoms with van der Waals surface area (Å²) in [6.07, 6.45) is 1.46. The molecule has 0 saturated heterocycles. The second-order valence-electron chi connectivity index (χ2n) is 5.89. The van der Waals surface area contributed by atoms with E-state index in [0.29, 0.717) is 24.4 Å². The quantitative estimate of drug-likeness (QED) is 0.768. The van der Waals surface area contributed by atoms with Crippen molar-refractivity contribution in [1.82, 2.24) is 5.32 Å². The lowest BCUT2D eigenvalue weighted by atomic mass is 10.1. The number of anilines is 1. The maximum Gasteiger partial charge on any atom is 0.244 e. The molecule has 6 nitrogen and oxygen atoms in total. The molecular formula is C19H24N2O4S. The third kappa shape index (κ3) is 4.98. The molecule has 0 aliphatic rings. The van der Waals surface area contributed by atoms with E-state index in [2.05, 4.69) is 5.32 Å². The number of methoxy groups -OCH3 is 1. The smallest absolute Gasteiger partial charge is 0.244 e. The maximum absolute atomic E-state index is 12.7. The molecule has 0 saturated carbocycles. The molecule has 0 fully saturated rings. The molecule has 0 aliphatic carbocycles. The minimum atomic E-state index is -3.62. The van der Waals surface area contributed by atoms with Gasteiger partial charge in [0.1, 0.15) is 11.8 Å². The highest BCUT2D eigenvalue weighted by molar-refractivity contribution is 7.92. The molecule has 140 valence electrons. The lowest BCUT2D eigenvalue weighted by molar-refractivity contribution is -0.122. The Kier molecular flexibility index (Phi) is 6.63. The fourth-order valence-electron chi connectivity index (χ4n) is 2.72. The van der Waals surface area contributed by atoms with Crippen LogP contribution >= 0.6 is 0 Å². The minimum absolute atomic E-state index is 0.291. The zero-order valence-electron chi connectivity index (χ0n) is 15.2. The molecule has 0 bridgehead atoms. The van der Waals surface area contributed by atoms with Crippen molar-refractivity contribution in [3.63, 3.8) is 0 Å². The van der Waals surface area contributed by atoms with Gasteiger partial charge in [0.25, 0.3) is 0 Å². The Morgan fingerprint density at radius 1 is 1.15 bits per heavy atom. The van der Waals surface area contributed by atoms with Crippen LogP contribution in [-0.4, -0.2) is 33.7 Å². The molecule has 0 radical (unpaired) electrons. The van der Waals surface area contributed by atoms with Crippen LogP contribution in [0.15, 0.2) is 54.6 Å². The highest BCUT2D eigenvalue weighted by atomic mass is 32.2. The molecule has 2 aromatic carbocycles. The first kappa shape index (κ1) is 19.8. The van der Waals surface area contributed by atoms with Gasteiger partial charge in [-0.1, -0.05) is 37.3 Å². The molecule has 1 amide bonds. The first-order chi connectivity index (χ1) is 12.4. The first-order valence-corrected chi connectivity index (χ1v) is 10.2. The Labute approximate surface area is 154 Å². The number of nitrogens with one attached hydrogen (secondary N) is 1. The summed E-state index contributed by atoms with van der Waals surface area (Å²) in [5, 5.41) is 2.82. The SMILES string of the molecule is CCC(C(=O)NCc1cccc(OC)c1)N(c1ccccc1)S(C)(=O)=O. The Morgan fingerprint density at radius 2 is 1.85 bits per heavy atom. The number of hydrogen-bond acceptors (Lipinski definition) is 4. The number of carbonyl (C=O) groups excluding carboxylic acids is 1. The summed E-state index contributed by atoms with van der Waals surface area (Å²) in [6.45, 7) is 2.08. The number of nitrogens with zero attached hydrogens (tertiary/aromatic N) is 1. The second-order valence-corrected chi connectivity index (χ2v) is 7.75. The van der Waals surface area contributed by atoms with Crippen molar-refractivity contribution < 1.29 is 17.9 Å². The number of amides is 1. The molecule has 26 heavy (non-hydrogen) atoms. The van der Waals surface area contributed by atoms with Crippen LogP contribution in [0.4, 0.5) is 5.69 Å². The normalized spacial score (nSPS) is 12.3. The molecule has 0 spiro atoms. The van der Waals surface area contributed by atoms with Crippen molar-refractivity contribution in [3.05, 3.63) is 60.2 Å². The van der Waals surface area contributed by atoms with Gasteiger partial charge < -0.3 is 10.1 Å². The predicted molar refractivity (Wildman–Crippen MR) is 103 cm³/mol.